The molecule has 0 radical (unpaired) electrons. The number of halogens is 1. The molecule has 7 heteroatoms. The van der Waals surface area contributed by atoms with Gasteiger partial charge in [-0.15, -0.1) is 0 Å². The van der Waals surface area contributed by atoms with E-state index in [-0.39, 0.29) is 17.5 Å². The zero-order valence-corrected chi connectivity index (χ0v) is 13.0. The van der Waals surface area contributed by atoms with E-state index in [1.807, 2.05) is 6.07 Å². The number of aryl methyl sites for hydroxylation is 1. The van der Waals surface area contributed by atoms with Crippen molar-refractivity contribution in [2.24, 2.45) is 0 Å². The van der Waals surface area contributed by atoms with E-state index >= 15 is 0 Å². The molecule has 1 aliphatic rings. The third-order valence-corrected chi connectivity index (χ3v) is 4.88. The molecule has 19 heavy (non-hydrogen) atoms. The van der Waals surface area contributed by atoms with Crippen LogP contribution in [-0.2, 0) is 19.5 Å². The first-order chi connectivity index (χ1) is 8.99. The smallest absolute Gasteiger partial charge is 0.240 e. The number of hydrogen-bond donors (Lipinski definition) is 1. The van der Waals surface area contributed by atoms with Crippen LogP contribution in [0.3, 0.4) is 0 Å². The van der Waals surface area contributed by atoms with Crippen LogP contribution < -0.4 is 4.72 Å². The van der Waals surface area contributed by atoms with Crippen molar-refractivity contribution < 1.29 is 17.9 Å². The Labute approximate surface area is 121 Å². The summed E-state index contributed by atoms with van der Waals surface area (Å²) in [7, 11) is -3.53. The van der Waals surface area contributed by atoms with Gasteiger partial charge in [-0.05, 0) is 24.6 Å². The van der Waals surface area contributed by atoms with Crippen LogP contribution in [0.2, 0.25) is 0 Å². The van der Waals surface area contributed by atoms with Crippen molar-refractivity contribution in [3.63, 3.8) is 0 Å². The minimum Gasteiger partial charge on any atom is -0.376 e. The molecular formula is C12H16BrNO4S. The third-order valence-electron chi connectivity index (χ3n) is 2.83. The molecule has 1 aromatic carbocycles. The molecule has 0 bridgehead atoms. The normalized spacial score (nSPS) is 20.4. The lowest BCUT2D eigenvalue weighted by Crippen LogP contribution is -2.39. The molecule has 1 atom stereocenters. The van der Waals surface area contributed by atoms with Crippen LogP contribution in [0, 0.1) is 6.92 Å². The molecule has 0 spiro atoms. The first-order valence-electron chi connectivity index (χ1n) is 5.94. The topological polar surface area (TPSA) is 64.6 Å². The summed E-state index contributed by atoms with van der Waals surface area (Å²) in [5.41, 5.74) is 0.705. The Morgan fingerprint density at radius 3 is 2.89 bits per heavy atom. The Kier molecular flexibility index (Phi) is 4.97. The van der Waals surface area contributed by atoms with Gasteiger partial charge in [-0.3, -0.25) is 0 Å². The highest BCUT2D eigenvalue weighted by molar-refractivity contribution is 9.10. The van der Waals surface area contributed by atoms with Gasteiger partial charge >= 0.3 is 0 Å². The predicted octanol–water partition coefficient (Wildman–Crippen LogP) is 1.45. The van der Waals surface area contributed by atoms with Crippen molar-refractivity contribution >= 4 is 26.0 Å². The van der Waals surface area contributed by atoms with Gasteiger partial charge in [0, 0.05) is 11.0 Å². The highest BCUT2D eigenvalue weighted by Gasteiger charge is 2.21. The van der Waals surface area contributed by atoms with E-state index in [2.05, 4.69) is 20.7 Å². The van der Waals surface area contributed by atoms with Gasteiger partial charge in [0.1, 0.15) is 0 Å². The molecule has 1 fully saturated rings. The van der Waals surface area contributed by atoms with Crippen LogP contribution in [0.15, 0.2) is 27.6 Å². The lowest BCUT2D eigenvalue weighted by Gasteiger charge is -2.23. The van der Waals surface area contributed by atoms with Gasteiger partial charge in [0.25, 0.3) is 0 Å². The van der Waals surface area contributed by atoms with E-state index in [0.717, 1.165) is 4.47 Å². The molecule has 1 aromatic rings. The van der Waals surface area contributed by atoms with E-state index in [4.69, 9.17) is 9.47 Å². The number of hydrogen-bond acceptors (Lipinski definition) is 4. The van der Waals surface area contributed by atoms with Crippen molar-refractivity contribution in [3.05, 3.63) is 28.2 Å². The molecule has 0 aliphatic carbocycles. The van der Waals surface area contributed by atoms with Crippen molar-refractivity contribution in [3.8, 4) is 0 Å². The standard InChI is InChI=1S/C12H16BrNO4S/c1-9-2-3-10(13)6-12(9)19(15,16)14-7-11-8-17-4-5-18-11/h2-3,6,11,14H,4-5,7-8H2,1H3. The second-order valence-electron chi connectivity index (χ2n) is 4.33. The monoisotopic (exact) mass is 349 g/mol. The fourth-order valence-corrected chi connectivity index (χ4v) is 3.65. The second kappa shape index (κ2) is 6.32. The molecule has 0 saturated carbocycles. The van der Waals surface area contributed by atoms with E-state index < -0.39 is 10.0 Å². The van der Waals surface area contributed by atoms with Crippen molar-refractivity contribution in [1.82, 2.24) is 4.72 Å². The van der Waals surface area contributed by atoms with Crippen molar-refractivity contribution in [1.29, 1.82) is 0 Å². The SMILES string of the molecule is Cc1ccc(Br)cc1S(=O)(=O)NCC1COCCO1. The maximum Gasteiger partial charge on any atom is 0.240 e. The molecule has 1 N–H and O–H groups in total. The summed E-state index contributed by atoms with van der Waals surface area (Å²) in [5, 5.41) is 0. The van der Waals surface area contributed by atoms with Gasteiger partial charge in [-0.2, -0.15) is 0 Å². The Morgan fingerprint density at radius 2 is 2.21 bits per heavy atom. The van der Waals surface area contributed by atoms with Crippen molar-refractivity contribution in [2.45, 2.75) is 17.9 Å². The molecule has 5 nitrogen and oxygen atoms in total. The fourth-order valence-electron chi connectivity index (χ4n) is 1.80. The quantitative estimate of drug-likeness (QED) is 0.893. The lowest BCUT2D eigenvalue weighted by atomic mass is 10.2. The Bertz CT molecular complexity index is 541. The highest BCUT2D eigenvalue weighted by Crippen LogP contribution is 2.20. The van der Waals surface area contributed by atoms with E-state index in [0.29, 0.717) is 25.4 Å². The highest BCUT2D eigenvalue weighted by atomic mass is 79.9. The summed E-state index contributed by atoms with van der Waals surface area (Å²) in [6.45, 7) is 3.46. The molecule has 1 unspecified atom stereocenters. The molecule has 2 rings (SSSR count). The van der Waals surface area contributed by atoms with Gasteiger partial charge < -0.3 is 9.47 Å². The third kappa shape index (κ3) is 4.00. The minimum absolute atomic E-state index is 0.217. The van der Waals surface area contributed by atoms with Crippen LogP contribution in [0.4, 0.5) is 0 Å². The Hall–Kier alpha value is -0.470. The maximum atomic E-state index is 12.2. The van der Waals surface area contributed by atoms with Gasteiger partial charge in [0.05, 0.1) is 30.8 Å². The molecule has 0 amide bonds. The summed E-state index contributed by atoms with van der Waals surface area (Å²) in [6.07, 6.45) is -0.226. The summed E-state index contributed by atoms with van der Waals surface area (Å²) in [4.78, 5) is 0.276. The molecule has 1 aliphatic heterocycles. The zero-order chi connectivity index (χ0) is 13.9. The number of rotatable bonds is 4. The lowest BCUT2D eigenvalue weighted by molar-refractivity contribution is -0.0846. The van der Waals surface area contributed by atoms with Crippen LogP contribution in [0.1, 0.15) is 5.56 Å². The van der Waals surface area contributed by atoms with Crippen molar-refractivity contribution in [2.75, 3.05) is 26.4 Å². The van der Waals surface area contributed by atoms with E-state index in [1.54, 1.807) is 19.1 Å². The maximum absolute atomic E-state index is 12.2. The molecule has 0 aromatic heterocycles. The molecule has 1 heterocycles. The van der Waals surface area contributed by atoms with E-state index in [1.165, 1.54) is 0 Å². The van der Waals surface area contributed by atoms with Gasteiger partial charge in [0.2, 0.25) is 10.0 Å². The van der Waals surface area contributed by atoms with Crippen LogP contribution in [0.5, 0.6) is 0 Å². The largest absolute Gasteiger partial charge is 0.376 e. The van der Waals surface area contributed by atoms with Gasteiger partial charge in [-0.1, -0.05) is 22.0 Å². The first-order valence-corrected chi connectivity index (χ1v) is 8.22. The van der Waals surface area contributed by atoms with Crippen LogP contribution in [0.25, 0.3) is 0 Å². The Morgan fingerprint density at radius 1 is 1.42 bits per heavy atom. The average molecular weight is 350 g/mol. The van der Waals surface area contributed by atoms with Crippen LogP contribution in [-0.4, -0.2) is 40.9 Å². The first kappa shape index (κ1) is 14.9. The molecular weight excluding hydrogens is 334 g/mol. The number of ether oxygens (including phenoxy) is 2. The Balaban J connectivity index is 2.07. The summed E-state index contributed by atoms with van der Waals surface area (Å²) in [5.74, 6) is 0. The van der Waals surface area contributed by atoms with Crippen LogP contribution >= 0.6 is 15.9 Å². The molecule has 106 valence electrons. The predicted molar refractivity (Wildman–Crippen MR) is 74.6 cm³/mol. The van der Waals surface area contributed by atoms with Gasteiger partial charge in [-0.25, -0.2) is 13.1 Å². The summed E-state index contributed by atoms with van der Waals surface area (Å²) < 4.78 is 38.4. The fraction of sp³-hybridized carbons (Fsp3) is 0.500. The second-order valence-corrected chi connectivity index (χ2v) is 6.98. The van der Waals surface area contributed by atoms with Gasteiger partial charge in [0.15, 0.2) is 0 Å². The number of sulfonamides is 1. The zero-order valence-electron chi connectivity index (χ0n) is 10.6. The number of nitrogens with one attached hydrogen (secondary N) is 1. The number of benzene rings is 1. The molecule has 1 saturated heterocycles. The minimum atomic E-state index is -3.53. The average Bonchev–Trinajstić information content (AvgIpc) is 2.40. The summed E-state index contributed by atoms with van der Waals surface area (Å²) in [6, 6.07) is 5.17. The summed E-state index contributed by atoms with van der Waals surface area (Å²) >= 11 is 3.28. The van der Waals surface area contributed by atoms with E-state index in [9.17, 15) is 8.42 Å².